The quantitative estimate of drug-likeness (QED) is 0.0513. The van der Waals surface area contributed by atoms with Crippen LogP contribution in [-0.4, -0.2) is 19.6 Å². The van der Waals surface area contributed by atoms with Crippen molar-refractivity contribution in [3.63, 3.8) is 0 Å². The van der Waals surface area contributed by atoms with Gasteiger partial charge in [-0.05, 0) is 18.8 Å². The standard InChI is InChI=1S/C42H86O4S/c1-3-5-7-9-11-13-15-17-19-21-22-23-24-26-28-30-32-34-36-38-40-42(41-46-47(43,44)45)39-37-35-33-31-29-27-25-20-18-16-14-12-10-8-6-4-2/h42H,3-41H2,1-2H3,(H,43,44,45). The zero-order valence-corrected chi connectivity index (χ0v) is 33.1. The van der Waals surface area contributed by atoms with E-state index in [1.165, 1.54) is 218 Å². The molecule has 0 bridgehead atoms. The van der Waals surface area contributed by atoms with Gasteiger partial charge in [0, 0.05) is 0 Å². The zero-order chi connectivity index (χ0) is 34.4. The summed E-state index contributed by atoms with van der Waals surface area (Å²) < 4.78 is 36.2. The average Bonchev–Trinajstić information content (AvgIpc) is 3.05. The van der Waals surface area contributed by atoms with E-state index in [4.69, 9.17) is 8.74 Å². The summed E-state index contributed by atoms with van der Waals surface area (Å²) in [5.41, 5.74) is 0. The second kappa shape index (κ2) is 38.7. The molecular formula is C42H86O4S. The Hall–Kier alpha value is -0.130. The van der Waals surface area contributed by atoms with Gasteiger partial charge in [0.2, 0.25) is 0 Å². The van der Waals surface area contributed by atoms with Crippen LogP contribution < -0.4 is 0 Å². The van der Waals surface area contributed by atoms with Crippen LogP contribution in [0.2, 0.25) is 0 Å². The molecule has 1 unspecified atom stereocenters. The second-order valence-electron chi connectivity index (χ2n) is 15.2. The molecule has 0 saturated carbocycles. The van der Waals surface area contributed by atoms with Gasteiger partial charge in [-0.2, -0.15) is 8.42 Å². The Morgan fingerprint density at radius 1 is 0.362 bits per heavy atom. The molecule has 47 heavy (non-hydrogen) atoms. The van der Waals surface area contributed by atoms with Crippen molar-refractivity contribution >= 4 is 10.4 Å². The second-order valence-corrected chi connectivity index (χ2v) is 16.3. The van der Waals surface area contributed by atoms with E-state index < -0.39 is 10.4 Å². The van der Waals surface area contributed by atoms with Crippen LogP contribution in [0.4, 0.5) is 0 Å². The van der Waals surface area contributed by atoms with Crippen LogP contribution in [0, 0.1) is 5.92 Å². The summed E-state index contributed by atoms with van der Waals surface area (Å²) in [4.78, 5) is 0. The fourth-order valence-corrected chi connectivity index (χ4v) is 7.53. The van der Waals surface area contributed by atoms with E-state index in [9.17, 15) is 8.42 Å². The van der Waals surface area contributed by atoms with Crippen LogP contribution in [-0.2, 0) is 14.6 Å². The van der Waals surface area contributed by atoms with Crippen molar-refractivity contribution in [3.8, 4) is 0 Å². The predicted octanol–water partition coefficient (Wildman–Crippen LogP) is 15.3. The maximum absolute atomic E-state index is 11.2. The Kier molecular flexibility index (Phi) is 38.6. The van der Waals surface area contributed by atoms with Gasteiger partial charge in [-0.25, -0.2) is 4.18 Å². The molecule has 0 radical (unpaired) electrons. The Balaban J connectivity index is 3.61. The summed E-state index contributed by atoms with van der Waals surface area (Å²) in [7, 11) is -4.34. The number of hydrogen-bond donors (Lipinski definition) is 1. The molecule has 284 valence electrons. The van der Waals surface area contributed by atoms with Crippen molar-refractivity contribution in [1.82, 2.24) is 0 Å². The van der Waals surface area contributed by atoms with E-state index in [0.717, 1.165) is 25.7 Å². The van der Waals surface area contributed by atoms with E-state index in [1.807, 2.05) is 0 Å². The van der Waals surface area contributed by atoms with Crippen LogP contribution in [0.25, 0.3) is 0 Å². The van der Waals surface area contributed by atoms with Crippen LogP contribution in [0.15, 0.2) is 0 Å². The van der Waals surface area contributed by atoms with Crippen LogP contribution in [0.3, 0.4) is 0 Å². The molecule has 0 spiro atoms. The highest BCUT2D eigenvalue weighted by Gasteiger charge is 2.13. The van der Waals surface area contributed by atoms with Crippen LogP contribution in [0.5, 0.6) is 0 Å². The number of hydrogen-bond acceptors (Lipinski definition) is 3. The molecule has 0 rings (SSSR count). The van der Waals surface area contributed by atoms with Crippen molar-refractivity contribution in [1.29, 1.82) is 0 Å². The Bertz CT molecular complexity index is 680. The molecular weight excluding hydrogens is 601 g/mol. The van der Waals surface area contributed by atoms with Crippen LogP contribution in [0.1, 0.15) is 258 Å². The maximum atomic E-state index is 11.2. The molecule has 4 nitrogen and oxygen atoms in total. The lowest BCUT2D eigenvalue weighted by atomic mass is 9.94. The highest BCUT2D eigenvalue weighted by molar-refractivity contribution is 7.80. The minimum atomic E-state index is -4.34. The smallest absolute Gasteiger partial charge is 0.264 e. The van der Waals surface area contributed by atoms with Gasteiger partial charge in [-0.1, -0.05) is 245 Å². The normalized spacial score (nSPS) is 12.7. The fourth-order valence-electron chi connectivity index (χ4n) is 7.16. The molecule has 0 saturated heterocycles. The summed E-state index contributed by atoms with van der Waals surface area (Å²) >= 11 is 0. The summed E-state index contributed by atoms with van der Waals surface area (Å²) in [5.74, 6) is 0.235. The van der Waals surface area contributed by atoms with E-state index >= 15 is 0 Å². The Labute approximate surface area is 297 Å². The highest BCUT2D eigenvalue weighted by Crippen LogP contribution is 2.21. The highest BCUT2D eigenvalue weighted by atomic mass is 32.3. The van der Waals surface area contributed by atoms with Gasteiger partial charge in [0.25, 0.3) is 0 Å². The van der Waals surface area contributed by atoms with Crippen molar-refractivity contribution in [2.45, 2.75) is 258 Å². The van der Waals surface area contributed by atoms with E-state index in [0.29, 0.717) is 0 Å². The number of rotatable bonds is 41. The Morgan fingerprint density at radius 2 is 0.553 bits per heavy atom. The first-order chi connectivity index (χ1) is 23.0. The van der Waals surface area contributed by atoms with Gasteiger partial charge in [0.15, 0.2) is 0 Å². The molecule has 0 heterocycles. The van der Waals surface area contributed by atoms with Crippen molar-refractivity contribution in [3.05, 3.63) is 0 Å². The Morgan fingerprint density at radius 3 is 0.745 bits per heavy atom. The largest absolute Gasteiger partial charge is 0.397 e. The fraction of sp³-hybridized carbons (Fsp3) is 1.00. The molecule has 0 aromatic carbocycles. The minimum Gasteiger partial charge on any atom is -0.264 e. The summed E-state index contributed by atoms with van der Waals surface area (Å²) in [5, 5.41) is 0. The van der Waals surface area contributed by atoms with E-state index in [-0.39, 0.29) is 12.5 Å². The average molecular weight is 687 g/mol. The van der Waals surface area contributed by atoms with Gasteiger partial charge in [-0.15, -0.1) is 0 Å². The predicted molar refractivity (Wildman–Crippen MR) is 208 cm³/mol. The van der Waals surface area contributed by atoms with Crippen LogP contribution >= 0.6 is 0 Å². The summed E-state index contributed by atoms with van der Waals surface area (Å²) in [6.07, 6.45) is 51.5. The van der Waals surface area contributed by atoms with Crippen molar-refractivity contribution in [2.75, 3.05) is 6.61 Å². The third-order valence-corrected chi connectivity index (χ3v) is 10.8. The molecule has 0 aliphatic heterocycles. The lowest BCUT2D eigenvalue weighted by Gasteiger charge is -2.16. The van der Waals surface area contributed by atoms with Crippen molar-refractivity contribution in [2.24, 2.45) is 5.92 Å². The third-order valence-electron chi connectivity index (χ3n) is 10.4. The SMILES string of the molecule is CCCCCCCCCCCCCCCCCCCCCCC(CCCCCCCCCCCCCCCCCC)COS(=O)(=O)O. The third kappa shape index (κ3) is 42.0. The molecule has 5 heteroatoms. The monoisotopic (exact) mass is 687 g/mol. The lowest BCUT2D eigenvalue weighted by molar-refractivity contribution is 0.204. The van der Waals surface area contributed by atoms with Crippen molar-refractivity contribution < 1.29 is 17.2 Å². The summed E-state index contributed by atoms with van der Waals surface area (Å²) in [6, 6.07) is 0. The van der Waals surface area contributed by atoms with Gasteiger partial charge < -0.3 is 0 Å². The molecule has 0 aromatic rings. The summed E-state index contributed by atoms with van der Waals surface area (Å²) in [6.45, 7) is 4.71. The molecule has 1 N–H and O–H groups in total. The van der Waals surface area contributed by atoms with Gasteiger partial charge in [0.1, 0.15) is 0 Å². The number of unbranched alkanes of at least 4 members (excludes halogenated alkanes) is 34. The molecule has 0 aromatic heterocycles. The first kappa shape index (κ1) is 46.9. The van der Waals surface area contributed by atoms with Gasteiger partial charge in [0.05, 0.1) is 6.61 Å². The molecule has 1 atom stereocenters. The van der Waals surface area contributed by atoms with E-state index in [1.54, 1.807) is 0 Å². The molecule has 0 aliphatic carbocycles. The molecule has 0 amide bonds. The molecule has 0 aliphatic rings. The zero-order valence-electron chi connectivity index (χ0n) is 32.2. The lowest BCUT2D eigenvalue weighted by Crippen LogP contribution is -2.14. The minimum absolute atomic E-state index is 0.136. The van der Waals surface area contributed by atoms with Gasteiger partial charge >= 0.3 is 10.4 Å². The van der Waals surface area contributed by atoms with E-state index in [2.05, 4.69) is 13.8 Å². The first-order valence-electron chi connectivity index (χ1n) is 21.6. The topological polar surface area (TPSA) is 63.6 Å². The molecule has 0 fully saturated rings. The van der Waals surface area contributed by atoms with Gasteiger partial charge in [-0.3, -0.25) is 4.55 Å². The maximum Gasteiger partial charge on any atom is 0.397 e. The first-order valence-corrected chi connectivity index (χ1v) is 23.0.